The molecule has 0 aromatic heterocycles. The molecule has 0 saturated heterocycles. The number of carboxylic acids is 1. The molecular weight excluding hydrogens is 393 g/mol. The molecule has 0 aliphatic heterocycles. The summed E-state index contributed by atoms with van der Waals surface area (Å²) in [5.41, 5.74) is 2.16. The van der Waals surface area contributed by atoms with Crippen molar-refractivity contribution in [3.8, 4) is 0 Å². The highest BCUT2D eigenvalue weighted by Gasteiger charge is 2.16. The molecule has 6 heteroatoms. The summed E-state index contributed by atoms with van der Waals surface area (Å²) in [7, 11) is 0. The Morgan fingerprint density at radius 3 is 2.34 bits per heavy atom. The molecule has 4 nitrogen and oxygen atoms in total. The molecule has 1 aromatic carbocycles. The van der Waals surface area contributed by atoms with Gasteiger partial charge in [-0.15, -0.1) is 0 Å². The number of halogens is 2. The van der Waals surface area contributed by atoms with E-state index in [0.29, 0.717) is 33.9 Å². The Hall–Kier alpha value is -2.66. The van der Waals surface area contributed by atoms with Gasteiger partial charge in [-0.05, 0) is 59.8 Å². The first-order chi connectivity index (χ1) is 13.6. The van der Waals surface area contributed by atoms with E-state index >= 15 is 0 Å². The number of benzene rings is 1. The number of aliphatic hydroxyl groups is 1. The van der Waals surface area contributed by atoms with Crippen LogP contribution in [-0.4, -0.2) is 28.9 Å². The molecule has 1 aromatic rings. The fourth-order valence-corrected chi connectivity index (χ4v) is 2.80. The average molecular weight is 420 g/mol. The van der Waals surface area contributed by atoms with Gasteiger partial charge in [0.1, 0.15) is 17.1 Å². The summed E-state index contributed by atoms with van der Waals surface area (Å²) in [5, 5.41) is 20.1. The van der Waals surface area contributed by atoms with Crippen LogP contribution in [-0.2, 0) is 4.79 Å². The fourth-order valence-electron chi connectivity index (χ4n) is 2.58. The largest absolute Gasteiger partial charge is 0.507 e. The van der Waals surface area contributed by atoms with Crippen molar-refractivity contribution in [2.45, 2.75) is 34.1 Å². The number of rotatable bonds is 9. The van der Waals surface area contributed by atoms with Crippen LogP contribution in [0, 0.1) is 11.7 Å². The zero-order chi connectivity index (χ0) is 22.1. The molecule has 0 heterocycles. The van der Waals surface area contributed by atoms with Gasteiger partial charge in [-0.25, -0.2) is 9.18 Å². The third-order valence-electron chi connectivity index (χ3n) is 4.21. The van der Waals surface area contributed by atoms with E-state index in [2.05, 4.69) is 11.6 Å². The van der Waals surface area contributed by atoms with Crippen LogP contribution < -0.4 is 0 Å². The number of aliphatic hydroxyl groups excluding tert-OH is 1. The third kappa shape index (κ3) is 7.02. The molecule has 0 aliphatic rings. The second kappa shape index (κ2) is 11.4. The van der Waals surface area contributed by atoms with Crippen molar-refractivity contribution in [1.29, 1.82) is 0 Å². The van der Waals surface area contributed by atoms with Crippen LogP contribution in [0.5, 0.6) is 0 Å². The highest BCUT2D eigenvalue weighted by molar-refractivity contribution is 6.37. The summed E-state index contributed by atoms with van der Waals surface area (Å²) >= 11 is 6.53. The first kappa shape index (κ1) is 24.4. The Bertz CT molecular complexity index is 878. The third-order valence-corrected chi connectivity index (χ3v) is 4.73. The smallest absolute Gasteiger partial charge is 0.341 e. The maximum absolute atomic E-state index is 13.2. The molecule has 0 spiro atoms. The summed E-state index contributed by atoms with van der Waals surface area (Å²) in [6, 6.07) is 5.80. The van der Waals surface area contributed by atoms with E-state index in [4.69, 9.17) is 11.6 Å². The predicted molar refractivity (Wildman–Crippen MR) is 118 cm³/mol. The number of hydrogen-bond acceptors (Lipinski definition) is 3. The van der Waals surface area contributed by atoms with Gasteiger partial charge in [0.2, 0.25) is 0 Å². The van der Waals surface area contributed by atoms with Crippen LogP contribution in [0.15, 0.2) is 69.4 Å². The van der Waals surface area contributed by atoms with Gasteiger partial charge < -0.3 is 10.2 Å². The highest BCUT2D eigenvalue weighted by Crippen LogP contribution is 2.33. The van der Waals surface area contributed by atoms with E-state index in [-0.39, 0.29) is 17.3 Å². The minimum Gasteiger partial charge on any atom is -0.507 e. The fraction of sp³-hybridized carbons (Fsp3) is 0.304. The molecule has 0 atom stereocenters. The molecule has 0 unspecified atom stereocenters. The van der Waals surface area contributed by atoms with E-state index < -0.39 is 11.7 Å². The quantitative estimate of drug-likeness (QED) is 0.213. The first-order valence-corrected chi connectivity index (χ1v) is 9.67. The highest BCUT2D eigenvalue weighted by atomic mass is 35.5. The summed E-state index contributed by atoms with van der Waals surface area (Å²) in [4.78, 5) is 15.5. The zero-order valence-electron chi connectivity index (χ0n) is 17.2. The Labute approximate surface area is 176 Å². The molecule has 0 aliphatic carbocycles. The van der Waals surface area contributed by atoms with Gasteiger partial charge in [-0.3, -0.25) is 4.99 Å². The van der Waals surface area contributed by atoms with Crippen molar-refractivity contribution in [2.24, 2.45) is 10.9 Å². The second-order valence-corrected chi connectivity index (χ2v) is 7.20. The van der Waals surface area contributed by atoms with Crippen LogP contribution >= 0.6 is 11.6 Å². The lowest BCUT2D eigenvalue weighted by molar-refractivity contribution is -0.132. The molecule has 29 heavy (non-hydrogen) atoms. The normalized spacial score (nSPS) is 14.1. The molecule has 0 fully saturated rings. The Morgan fingerprint density at radius 1 is 1.28 bits per heavy atom. The number of carbonyl (C=O) groups is 1. The molecule has 0 bridgehead atoms. The van der Waals surface area contributed by atoms with Crippen molar-refractivity contribution in [2.75, 3.05) is 6.54 Å². The summed E-state index contributed by atoms with van der Waals surface area (Å²) < 4.78 is 13.2. The Balaban J connectivity index is 3.43. The lowest BCUT2D eigenvalue weighted by Crippen LogP contribution is -2.07. The van der Waals surface area contributed by atoms with Crippen LogP contribution in [0.2, 0.25) is 0 Å². The van der Waals surface area contributed by atoms with Crippen molar-refractivity contribution in [3.63, 3.8) is 0 Å². The lowest BCUT2D eigenvalue weighted by Gasteiger charge is -2.16. The summed E-state index contributed by atoms with van der Waals surface area (Å²) in [5.74, 6) is -2.10. The number of hydrogen-bond donors (Lipinski definition) is 2. The molecule has 0 radical (unpaired) electrons. The number of carboxylic acid groups (broad SMARTS) is 1. The van der Waals surface area contributed by atoms with E-state index in [1.165, 1.54) is 18.2 Å². The van der Waals surface area contributed by atoms with Gasteiger partial charge in [-0.2, -0.15) is 0 Å². The number of aliphatic imine (C=N–C) groups is 1. The van der Waals surface area contributed by atoms with Gasteiger partial charge in [0, 0.05) is 12.8 Å². The number of allylic oxidation sites excluding steroid dienone is 5. The van der Waals surface area contributed by atoms with Crippen LogP contribution in [0.25, 0.3) is 5.57 Å². The minimum atomic E-state index is -1.27. The molecule has 1 rings (SSSR count). The van der Waals surface area contributed by atoms with E-state index in [9.17, 15) is 19.4 Å². The van der Waals surface area contributed by atoms with Gasteiger partial charge in [0.05, 0.1) is 5.03 Å². The van der Waals surface area contributed by atoms with Crippen molar-refractivity contribution in [1.82, 2.24) is 0 Å². The second-order valence-electron chi connectivity index (χ2n) is 6.82. The molecule has 156 valence electrons. The first-order valence-electron chi connectivity index (χ1n) is 9.30. The maximum atomic E-state index is 13.2. The summed E-state index contributed by atoms with van der Waals surface area (Å²) in [6.07, 6.45) is 3.32. The van der Waals surface area contributed by atoms with E-state index in [1.807, 2.05) is 20.8 Å². The standard InChI is InChI=1S/C23H27ClFNO3/c1-6-11-26-13-20(23(28)29)21(27)12-19(14(2)3)16(5)22(24)15(4)17-7-9-18(25)10-8-17/h7-10,12-14,27H,4,6,11H2,1-3,5H3,(H,28,29)/b19-12+,21-20-,22-16-,26-13?. The van der Waals surface area contributed by atoms with Crippen LogP contribution in [0.1, 0.15) is 39.7 Å². The van der Waals surface area contributed by atoms with Crippen LogP contribution in [0.3, 0.4) is 0 Å². The molecule has 2 N–H and O–H groups in total. The van der Waals surface area contributed by atoms with Crippen molar-refractivity contribution < 1.29 is 19.4 Å². The minimum absolute atomic E-state index is 0.0606. The van der Waals surface area contributed by atoms with E-state index in [1.54, 1.807) is 19.1 Å². The maximum Gasteiger partial charge on any atom is 0.341 e. The van der Waals surface area contributed by atoms with Gasteiger partial charge in [0.15, 0.2) is 0 Å². The topological polar surface area (TPSA) is 69.9 Å². The Morgan fingerprint density at radius 2 is 1.86 bits per heavy atom. The number of nitrogens with zero attached hydrogens (tertiary/aromatic N) is 1. The summed E-state index contributed by atoms with van der Waals surface area (Å²) in [6.45, 7) is 11.9. The monoisotopic (exact) mass is 419 g/mol. The lowest BCUT2D eigenvalue weighted by atomic mass is 9.92. The molecular formula is C23H27ClFNO3. The number of aliphatic carboxylic acids is 1. The zero-order valence-corrected chi connectivity index (χ0v) is 17.9. The molecule has 0 amide bonds. The molecule has 0 saturated carbocycles. The SMILES string of the molecule is C=C(/C(Cl)=C(C)/C(=C/C(O)=C(\C=NCCC)C(=O)O)C(C)C)c1ccc(F)cc1. The van der Waals surface area contributed by atoms with Gasteiger partial charge in [0.25, 0.3) is 0 Å². The van der Waals surface area contributed by atoms with Crippen LogP contribution in [0.4, 0.5) is 4.39 Å². The van der Waals surface area contributed by atoms with Crippen molar-refractivity contribution >= 4 is 29.4 Å². The van der Waals surface area contributed by atoms with E-state index in [0.717, 1.165) is 12.6 Å². The average Bonchev–Trinajstić information content (AvgIpc) is 2.67. The predicted octanol–water partition coefficient (Wildman–Crippen LogP) is 6.31. The Kier molecular flexibility index (Phi) is 9.56. The van der Waals surface area contributed by atoms with Crippen molar-refractivity contribution in [3.05, 3.63) is 75.8 Å². The van der Waals surface area contributed by atoms with Gasteiger partial charge in [-0.1, -0.05) is 51.1 Å². The van der Waals surface area contributed by atoms with Gasteiger partial charge >= 0.3 is 5.97 Å².